The summed E-state index contributed by atoms with van der Waals surface area (Å²) in [6.45, 7) is 5.04. The molecule has 0 bridgehead atoms. The molecule has 6 nitrogen and oxygen atoms in total. The Morgan fingerprint density at radius 2 is 2.09 bits per heavy atom. The zero-order valence-corrected chi connectivity index (χ0v) is 21.4. The second kappa shape index (κ2) is 10.1. The first-order chi connectivity index (χ1) is 15.4. The number of aromatic nitrogens is 1. The lowest BCUT2D eigenvalue weighted by Crippen LogP contribution is -2.39. The maximum absolute atomic E-state index is 13.0. The van der Waals surface area contributed by atoms with Crippen LogP contribution in [0.5, 0.6) is 0 Å². The first-order valence-electron chi connectivity index (χ1n) is 10.7. The molecule has 0 spiro atoms. The van der Waals surface area contributed by atoms with Crippen LogP contribution in [0.25, 0.3) is 17.0 Å². The van der Waals surface area contributed by atoms with E-state index >= 15 is 0 Å². The average Bonchev–Trinajstić information content (AvgIpc) is 3.23. The van der Waals surface area contributed by atoms with Gasteiger partial charge in [-0.3, -0.25) is 14.5 Å². The molecule has 1 aromatic heterocycles. The van der Waals surface area contributed by atoms with Gasteiger partial charge in [0.15, 0.2) is 0 Å². The summed E-state index contributed by atoms with van der Waals surface area (Å²) < 4.78 is 8.57. The molecule has 170 valence electrons. The summed E-state index contributed by atoms with van der Waals surface area (Å²) in [6, 6.07) is 6.00. The second-order valence-corrected chi connectivity index (χ2v) is 10.9. The fourth-order valence-electron chi connectivity index (χ4n) is 4.06. The number of nitrogens with zero attached hydrogens (tertiary/aromatic N) is 3. The molecule has 2 fully saturated rings. The first-order valence-corrected chi connectivity index (χ1v) is 12.7. The molecule has 2 aliphatic heterocycles. The van der Waals surface area contributed by atoms with E-state index in [1.54, 1.807) is 12.0 Å². The van der Waals surface area contributed by atoms with Crippen LogP contribution < -0.4 is 0 Å². The van der Waals surface area contributed by atoms with Gasteiger partial charge in [-0.2, -0.15) is 0 Å². The van der Waals surface area contributed by atoms with Crippen molar-refractivity contribution in [3.05, 3.63) is 39.3 Å². The number of thiocarbonyl (C=S) groups is 1. The minimum absolute atomic E-state index is 0.105. The molecular formula is C23H26BrN3O3S2. The number of thioether (sulfide) groups is 1. The third-order valence-electron chi connectivity index (χ3n) is 6.00. The van der Waals surface area contributed by atoms with Crippen LogP contribution in [0.3, 0.4) is 0 Å². The highest BCUT2D eigenvalue weighted by atomic mass is 79.9. The standard InChI is InChI=1S/C23H26BrN3O3S2/c1-15-5-7-25(8-6-15)21(28)14-26-13-16(18-12-17(24)3-4-19(18)26)11-20-22(29)27(9-10-30-2)23(31)32-20/h3-4,11-13,15H,5-10,14H2,1-2H3/b20-11-. The number of piperidine rings is 1. The molecule has 0 unspecified atom stereocenters. The van der Waals surface area contributed by atoms with Gasteiger partial charge in [-0.1, -0.05) is 46.8 Å². The molecule has 0 N–H and O–H groups in total. The van der Waals surface area contributed by atoms with Crippen molar-refractivity contribution in [3.63, 3.8) is 0 Å². The van der Waals surface area contributed by atoms with Gasteiger partial charge in [0.05, 0.1) is 18.1 Å². The van der Waals surface area contributed by atoms with Crippen LogP contribution in [-0.4, -0.2) is 63.9 Å². The van der Waals surface area contributed by atoms with Crippen molar-refractivity contribution >= 4 is 73.0 Å². The highest BCUT2D eigenvalue weighted by Crippen LogP contribution is 2.35. The third-order valence-corrected chi connectivity index (χ3v) is 7.87. The fourth-order valence-corrected chi connectivity index (χ4v) is 5.72. The highest BCUT2D eigenvalue weighted by Gasteiger charge is 2.32. The molecule has 2 aliphatic rings. The van der Waals surface area contributed by atoms with Crippen molar-refractivity contribution in [1.82, 2.24) is 14.4 Å². The van der Waals surface area contributed by atoms with Gasteiger partial charge >= 0.3 is 0 Å². The summed E-state index contributed by atoms with van der Waals surface area (Å²) in [5.41, 5.74) is 1.86. The van der Waals surface area contributed by atoms with Gasteiger partial charge in [0.1, 0.15) is 10.9 Å². The molecule has 2 saturated heterocycles. The van der Waals surface area contributed by atoms with E-state index in [0.717, 1.165) is 46.9 Å². The Balaban J connectivity index is 1.62. The zero-order valence-electron chi connectivity index (χ0n) is 18.2. The van der Waals surface area contributed by atoms with Crippen molar-refractivity contribution in [1.29, 1.82) is 0 Å². The van der Waals surface area contributed by atoms with Crippen LogP contribution >= 0.6 is 39.9 Å². The van der Waals surface area contributed by atoms with Crippen LogP contribution in [0.1, 0.15) is 25.3 Å². The molecule has 2 aromatic rings. The van der Waals surface area contributed by atoms with E-state index in [4.69, 9.17) is 17.0 Å². The number of benzene rings is 1. The minimum Gasteiger partial charge on any atom is -0.383 e. The number of likely N-dealkylation sites (tertiary alicyclic amines) is 1. The molecule has 32 heavy (non-hydrogen) atoms. The van der Waals surface area contributed by atoms with Gasteiger partial charge < -0.3 is 14.2 Å². The number of hydrogen-bond acceptors (Lipinski definition) is 5. The SMILES string of the molecule is COCCN1C(=O)/C(=C/c2cn(CC(=O)N3CCC(C)CC3)c3ccc(Br)cc23)SC1=S. The van der Waals surface area contributed by atoms with Crippen LogP contribution in [0.2, 0.25) is 0 Å². The molecule has 3 heterocycles. The number of rotatable bonds is 6. The molecule has 1 aromatic carbocycles. The number of methoxy groups -OCH3 is 1. The summed E-state index contributed by atoms with van der Waals surface area (Å²) in [5.74, 6) is 0.707. The van der Waals surface area contributed by atoms with Crippen LogP contribution in [0.15, 0.2) is 33.8 Å². The van der Waals surface area contributed by atoms with E-state index in [2.05, 4.69) is 22.9 Å². The molecule has 0 atom stereocenters. The largest absolute Gasteiger partial charge is 0.383 e. The Labute approximate surface area is 206 Å². The Morgan fingerprint density at radius 1 is 1.34 bits per heavy atom. The van der Waals surface area contributed by atoms with Crippen molar-refractivity contribution in [2.75, 3.05) is 33.4 Å². The van der Waals surface area contributed by atoms with Gasteiger partial charge in [0, 0.05) is 47.3 Å². The number of amides is 2. The Hall–Kier alpha value is -1.68. The lowest BCUT2D eigenvalue weighted by atomic mass is 9.99. The predicted molar refractivity (Wildman–Crippen MR) is 136 cm³/mol. The van der Waals surface area contributed by atoms with Crippen molar-refractivity contribution in [3.8, 4) is 0 Å². The topological polar surface area (TPSA) is 54.8 Å². The maximum atomic E-state index is 13.0. The van der Waals surface area contributed by atoms with E-state index in [9.17, 15) is 9.59 Å². The van der Waals surface area contributed by atoms with Gasteiger partial charge in [0.2, 0.25) is 5.91 Å². The van der Waals surface area contributed by atoms with Gasteiger partial charge in [0.25, 0.3) is 5.91 Å². The Bertz CT molecular complexity index is 1090. The van der Waals surface area contributed by atoms with E-state index in [1.807, 2.05) is 39.9 Å². The second-order valence-electron chi connectivity index (χ2n) is 8.26. The van der Waals surface area contributed by atoms with Crippen molar-refractivity contribution in [2.45, 2.75) is 26.3 Å². The van der Waals surface area contributed by atoms with E-state index in [-0.39, 0.29) is 18.4 Å². The molecule has 4 rings (SSSR count). The normalized spacial score (nSPS) is 19.0. The zero-order chi connectivity index (χ0) is 22.8. The number of halogens is 1. The summed E-state index contributed by atoms with van der Waals surface area (Å²) >= 11 is 10.2. The molecule has 0 radical (unpaired) electrons. The van der Waals surface area contributed by atoms with Crippen molar-refractivity contribution in [2.24, 2.45) is 5.92 Å². The fraction of sp³-hybridized carbons (Fsp3) is 0.435. The third kappa shape index (κ3) is 4.95. The predicted octanol–water partition coefficient (Wildman–Crippen LogP) is 4.51. The molecule has 9 heteroatoms. The lowest BCUT2D eigenvalue weighted by Gasteiger charge is -2.30. The van der Waals surface area contributed by atoms with E-state index < -0.39 is 0 Å². The number of hydrogen-bond donors (Lipinski definition) is 0. The Morgan fingerprint density at radius 3 is 2.81 bits per heavy atom. The molecule has 0 aliphatic carbocycles. The maximum Gasteiger partial charge on any atom is 0.266 e. The number of ether oxygens (including phenoxy) is 1. The molecule has 2 amide bonds. The summed E-state index contributed by atoms with van der Waals surface area (Å²) in [4.78, 5) is 30.0. The van der Waals surface area contributed by atoms with Gasteiger partial charge in [-0.25, -0.2) is 0 Å². The molecular weight excluding hydrogens is 510 g/mol. The Kier molecular flexibility index (Phi) is 7.39. The van der Waals surface area contributed by atoms with E-state index in [0.29, 0.717) is 28.3 Å². The number of carbonyl (C=O) groups is 2. The summed E-state index contributed by atoms with van der Waals surface area (Å²) in [7, 11) is 1.60. The van der Waals surface area contributed by atoms with E-state index in [1.165, 1.54) is 11.8 Å². The minimum atomic E-state index is -0.105. The van der Waals surface area contributed by atoms with Gasteiger partial charge in [-0.15, -0.1) is 0 Å². The first kappa shape index (κ1) is 23.5. The monoisotopic (exact) mass is 535 g/mol. The lowest BCUT2D eigenvalue weighted by molar-refractivity contribution is -0.133. The summed E-state index contributed by atoms with van der Waals surface area (Å²) in [5, 5.41) is 0.988. The quantitative estimate of drug-likeness (QED) is 0.402. The number of carbonyl (C=O) groups excluding carboxylic acids is 2. The van der Waals surface area contributed by atoms with Crippen molar-refractivity contribution < 1.29 is 14.3 Å². The summed E-state index contributed by atoms with van der Waals surface area (Å²) in [6.07, 6.45) is 5.95. The van der Waals surface area contributed by atoms with Crippen LogP contribution in [0, 0.1) is 5.92 Å². The average molecular weight is 537 g/mol. The van der Waals surface area contributed by atoms with Crippen LogP contribution in [-0.2, 0) is 20.9 Å². The van der Waals surface area contributed by atoms with Gasteiger partial charge in [-0.05, 0) is 43.0 Å². The highest BCUT2D eigenvalue weighted by molar-refractivity contribution is 9.10. The number of fused-ring (bicyclic) bond motifs is 1. The smallest absolute Gasteiger partial charge is 0.266 e. The molecule has 0 saturated carbocycles. The van der Waals surface area contributed by atoms with Crippen LogP contribution in [0.4, 0.5) is 0 Å².